The summed E-state index contributed by atoms with van der Waals surface area (Å²) in [6.45, 7) is 6.48. The highest BCUT2D eigenvalue weighted by Gasteiger charge is 2.00. The molecule has 1 nitrogen and oxygen atoms in total. The summed E-state index contributed by atoms with van der Waals surface area (Å²) >= 11 is 3.48. The number of aryl methyl sites for hydroxylation is 1. The van der Waals surface area contributed by atoms with Gasteiger partial charge in [0.2, 0.25) is 0 Å². The van der Waals surface area contributed by atoms with Crippen LogP contribution in [0.3, 0.4) is 0 Å². The molecule has 1 aromatic rings. The summed E-state index contributed by atoms with van der Waals surface area (Å²) in [5.41, 5.74) is 2.48. The Labute approximate surface area is 88.7 Å². The topological polar surface area (TPSA) is 12.0 Å². The standard InChI is InChI=1S/C11H16BrN/c1-4-9(3)13-10-5-6-11(12)8(2)7-10/h5-7,9,13H,4H2,1-3H3. The van der Waals surface area contributed by atoms with Crippen LogP contribution in [0, 0.1) is 6.92 Å². The molecule has 1 atom stereocenters. The summed E-state index contributed by atoms with van der Waals surface area (Å²) in [4.78, 5) is 0. The number of halogens is 1. The molecule has 0 amide bonds. The van der Waals surface area contributed by atoms with Gasteiger partial charge in [-0.1, -0.05) is 22.9 Å². The summed E-state index contributed by atoms with van der Waals surface area (Å²) in [6, 6.07) is 6.89. The van der Waals surface area contributed by atoms with Crippen molar-refractivity contribution in [3.63, 3.8) is 0 Å². The van der Waals surface area contributed by atoms with Crippen molar-refractivity contribution in [2.45, 2.75) is 33.2 Å². The molecule has 0 fully saturated rings. The molecule has 1 unspecified atom stereocenters. The van der Waals surface area contributed by atoms with Crippen molar-refractivity contribution in [3.8, 4) is 0 Å². The van der Waals surface area contributed by atoms with Crippen LogP contribution in [0.4, 0.5) is 5.69 Å². The van der Waals surface area contributed by atoms with Crippen molar-refractivity contribution in [3.05, 3.63) is 28.2 Å². The van der Waals surface area contributed by atoms with Crippen LogP contribution < -0.4 is 5.32 Å². The Bertz CT molecular complexity index is 283. The van der Waals surface area contributed by atoms with Crippen LogP contribution in [0.15, 0.2) is 22.7 Å². The Kier molecular flexibility index (Phi) is 3.79. The second-order valence-electron chi connectivity index (χ2n) is 3.42. The molecular formula is C11H16BrN. The van der Waals surface area contributed by atoms with Crippen LogP contribution in [0.2, 0.25) is 0 Å². The smallest absolute Gasteiger partial charge is 0.0345 e. The van der Waals surface area contributed by atoms with E-state index in [0.29, 0.717) is 6.04 Å². The molecule has 0 saturated carbocycles. The van der Waals surface area contributed by atoms with Gasteiger partial charge in [-0.3, -0.25) is 0 Å². The molecule has 0 aliphatic carbocycles. The minimum atomic E-state index is 0.542. The number of hydrogen-bond acceptors (Lipinski definition) is 1. The average molecular weight is 242 g/mol. The molecule has 0 heterocycles. The van der Waals surface area contributed by atoms with Crippen molar-refractivity contribution >= 4 is 21.6 Å². The molecule has 0 radical (unpaired) electrons. The summed E-state index contributed by atoms with van der Waals surface area (Å²) in [5, 5.41) is 3.44. The summed E-state index contributed by atoms with van der Waals surface area (Å²) in [6.07, 6.45) is 1.15. The lowest BCUT2D eigenvalue weighted by Gasteiger charge is -2.13. The minimum Gasteiger partial charge on any atom is -0.383 e. The number of nitrogens with one attached hydrogen (secondary N) is 1. The quantitative estimate of drug-likeness (QED) is 0.845. The fraction of sp³-hybridized carbons (Fsp3) is 0.455. The fourth-order valence-electron chi connectivity index (χ4n) is 1.12. The van der Waals surface area contributed by atoms with Crippen molar-refractivity contribution in [2.75, 3.05) is 5.32 Å². The van der Waals surface area contributed by atoms with Gasteiger partial charge in [-0.15, -0.1) is 0 Å². The van der Waals surface area contributed by atoms with Crippen molar-refractivity contribution in [1.82, 2.24) is 0 Å². The third kappa shape index (κ3) is 3.03. The number of benzene rings is 1. The van der Waals surface area contributed by atoms with E-state index in [-0.39, 0.29) is 0 Å². The van der Waals surface area contributed by atoms with E-state index in [1.165, 1.54) is 15.7 Å². The van der Waals surface area contributed by atoms with E-state index in [2.05, 4.69) is 60.2 Å². The van der Waals surface area contributed by atoms with Gasteiger partial charge < -0.3 is 5.32 Å². The molecular weight excluding hydrogens is 226 g/mol. The van der Waals surface area contributed by atoms with Crippen molar-refractivity contribution < 1.29 is 0 Å². The van der Waals surface area contributed by atoms with Gasteiger partial charge in [-0.2, -0.15) is 0 Å². The second-order valence-corrected chi connectivity index (χ2v) is 4.27. The lowest BCUT2D eigenvalue weighted by atomic mass is 10.2. The fourth-order valence-corrected chi connectivity index (χ4v) is 1.37. The molecule has 0 aliphatic heterocycles. The van der Waals surface area contributed by atoms with E-state index in [0.717, 1.165) is 6.42 Å². The Morgan fingerprint density at radius 2 is 2.15 bits per heavy atom. The molecule has 1 rings (SSSR count). The lowest BCUT2D eigenvalue weighted by Crippen LogP contribution is -2.13. The van der Waals surface area contributed by atoms with Gasteiger partial charge in [-0.25, -0.2) is 0 Å². The summed E-state index contributed by atoms with van der Waals surface area (Å²) in [5.74, 6) is 0. The maximum Gasteiger partial charge on any atom is 0.0345 e. The van der Waals surface area contributed by atoms with Gasteiger partial charge in [-0.05, 0) is 44.0 Å². The molecule has 0 saturated heterocycles. The van der Waals surface area contributed by atoms with Gasteiger partial charge >= 0.3 is 0 Å². The van der Waals surface area contributed by atoms with E-state index in [1.54, 1.807) is 0 Å². The van der Waals surface area contributed by atoms with Crippen LogP contribution in [-0.2, 0) is 0 Å². The SMILES string of the molecule is CCC(C)Nc1ccc(Br)c(C)c1. The zero-order valence-electron chi connectivity index (χ0n) is 8.39. The predicted molar refractivity (Wildman–Crippen MR) is 62.3 cm³/mol. The Hall–Kier alpha value is -0.500. The van der Waals surface area contributed by atoms with Gasteiger partial charge in [0, 0.05) is 16.2 Å². The maximum absolute atomic E-state index is 3.48. The van der Waals surface area contributed by atoms with E-state index in [1.807, 2.05) is 0 Å². The molecule has 1 aromatic carbocycles. The van der Waals surface area contributed by atoms with E-state index >= 15 is 0 Å². The molecule has 2 heteroatoms. The summed E-state index contributed by atoms with van der Waals surface area (Å²) < 4.78 is 1.17. The molecule has 1 N–H and O–H groups in total. The molecule has 0 aliphatic rings. The van der Waals surface area contributed by atoms with Gasteiger partial charge in [0.05, 0.1) is 0 Å². The Morgan fingerprint density at radius 1 is 1.46 bits per heavy atom. The van der Waals surface area contributed by atoms with Gasteiger partial charge in [0.15, 0.2) is 0 Å². The average Bonchev–Trinajstić information content (AvgIpc) is 2.11. The maximum atomic E-state index is 3.48. The highest BCUT2D eigenvalue weighted by atomic mass is 79.9. The first-order chi connectivity index (χ1) is 6.13. The highest BCUT2D eigenvalue weighted by Crippen LogP contribution is 2.20. The van der Waals surface area contributed by atoms with Crippen LogP contribution in [0.5, 0.6) is 0 Å². The monoisotopic (exact) mass is 241 g/mol. The molecule has 13 heavy (non-hydrogen) atoms. The first-order valence-corrected chi connectivity index (χ1v) is 5.45. The van der Waals surface area contributed by atoms with Crippen molar-refractivity contribution in [1.29, 1.82) is 0 Å². The second kappa shape index (κ2) is 4.66. The molecule has 72 valence electrons. The first kappa shape index (κ1) is 10.6. The highest BCUT2D eigenvalue weighted by molar-refractivity contribution is 9.10. The number of rotatable bonds is 3. The molecule has 0 bridgehead atoms. The predicted octanol–water partition coefficient (Wildman–Crippen LogP) is 3.97. The Morgan fingerprint density at radius 3 is 2.69 bits per heavy atom. The number of hydrogen-bond donors (Lipinski definition) is 1. The minimum absolute atomic E-state index is 0.542. The zero-order valence-corrected chi connectivity index (χ0v) is 9.98. The van der Waals surface area contributed by atoms with Crippen LogP contribution >= 0.6 is 15.9 Å². The normalized spacial score (nSPS) is 12.6. The van der Waals surface area contributed by atoms with E-state index in [9.17, 15) is 0 Å². The number of anilines is 1. The molecule has 0 aromatic heterocycles. The molecule has 0 spiro atoms. The van der Waals surface area contributed by atoms with E-state index in [4.69, 9.17) is 0 Å². The summed E-state index contributed by atoms with van der Waals surface area (Å²) in [7, 11) is 0. The van der Waals surface area contributed by atoms with Crippen molar-refractivity contribution in [2.24, 2.45) is 0 Å². The van der Waals surface area contributed by atoms with Crippen LogP contribution in [0.25, 0.3) is 0 Å². The van der Waals surface area contributed by atoms with Crippen LogP contribution in [0.1, 0.15) is 25.8 Å². The third-order valence-electron chi connectivity index (χ3n) is 2.18. The van der Waals surface area contributed by atoms with Gasteiger partial charge in [0.1, 0.15) is 0 Å². The lowest BCUT2D eigenvalue weighted by molar-refractivity contribution is 0.764. The Balaban J connectivity index is 2.73. The van der Waals surface area contributed by atoms with Gasteiger partial charge in [0.25, 0.3) is 0 Å². The largest absolute Gasteiger partial charge is 0.383 e. The first-order valence-electron chi connectivity index (χ1n) is 4.66. The third-order valence-corrected chi connectivity index (χ3v) is 3.07. The van der Waals surface area contributed by atoms with Crippen LogP contribution in [-0.4, -0.2) is 6.04 Å². The zero-order chi connectivity index (χ0) is 9.84. The van der Waals surface area contributed by atoms with E-state index < -0.39 is 0 Å².